The van der Waals surface area contributed by atoms with Gasteiger partial charge in [0.1, 0.15) is 11.3 Å². The molecule has 5 nitrogen and oxygen atoms in total. The van der Waals surface area contributed by atoms with Crippen LogP contribution >= 0.6 is 0 Å². The number of hydrogen-bond donors (Lipinski definition) is 0. The highest BCUT2D eigenvalue weighted by atomic mass is 16.5. The van der Waals surface area contributed by atoms with E-state index in [1.54, 1.807) is 7.11 Å². The van der Waals surface area contributed by atoms with Crippen molar-refractivity contribution < 1.29 is 14.3 Å². The van der Waals surface area contributed by atoms with Crippen LogP contribution in [0.5, 0.6) is 5.75 Å². The average molecular weight is 364 g/mol. The standard InChI is InChI=1S/C22H24N2O3/c1-16-21(17(2)24(23-16)15-19-7-5-4-6-8-19)22(25)27-14-13-18-9-11-20(26-3)12-10-18/h4-12H,13-15H2,1-3H3. The lowest BCUT2D eigenvalue weighted by atomic mass is 10.1. The molecule has 0 aliphatic rings. The summed E-state index contributed by atoms with van der Waals surface area (Å²) in [6.45, 7) is 4.71. The number of aryl methyl sites for hydroxylation is 1. The van der Waals surface area contributed by atoms with Crippen LogP contribution in [0.25, 0.3) is 0 Å². The van der Waals surface area contributed by atoms with Crippen LogP contribution in [0.1, 0.15) is 32.9 Å². The highest BCUT2D eigenvalue weighted by Crippen LogP contribution is 2.17. The molecule has 1 heterocycles. The van der Waals surface area contributed by atoms with Crippen LogP contribution in [0, 0.1) is 13.8 Å². The van der Waals surface area contributed by atoms with Crippen molar-refractivity contribution in [3.63, 3.8) is 0 Å². The van der Waals surface area contributed by atoms with Crippen LogP contribution in [0.2, 0.25) is 0 Å². The molecular formula is C22H24N2O3. The van der Waals surface area contributed by atoms with Crippen LogP contribution in [0.3, 0.4) is 0 Å². The van der Waals surface area contributed by atoms with E-state index in [0.29, 0.717) is 30.8 Å². The van der Waals surface area contributed by atoms with E-state index >= 15 is 0 Å². The van der Waals surface area contributed by atoms with Crippen molar-refractivity contribution in [2.24, 2.45) is 0 Å². The summed E-state index contributed by atoms with van der Waals surface area (Å²) in [5, 5.41) is 4.51. The predicted octanol–water partition coefficient (Wildman–Crippen LogP) is 3.96. The lowest BCUT2D eigenvalue weighted by molar-refractivity contribution is 0.0507. The minimum atomic E-state index is -0.321. The van der Waals surface area contributed by atoms with Gasteiger partial charge in [-0.1, -0.05) is 42.5 Å². The van der Waals surface area contributed by atoms with Crippen molar-refractivity contribution in [1.29, 1.82) is 0 Å². The quantitative estimate of drug-likeness (QED) is 0.596. The topological polar surface area (TPSA) is 53.4 Å². The fourth-order valence-electron chi connectivity index (χ4n) is 3.03. The summed E-state index contributed by atoms with van der Waals surface area (Å²) in [6, 6.07) is 17.8. The van der Waals surface area contributed by atoms with Gasteiger partial charge in [0.2, 0.25) is 0 Å². The molecule has 0 bridgehead atoms. The molecule has 0 saturated heterocycles. The largest absolute Gasteiger partial charge is 0.497 e. The molecule has 0 saturated carbocycles. The first-order valence-electron chi connectivity index (χ1n) is 8.96. The Balaban J connectivity index is 1.62. The number of hydrogen-bond acceptors (Lipinski definition) is 4. The van der Waals surface area contributed by atoms with Gasteiger partial charge in [-0.2, -0.15) is 5.10 Å². The molecule has 3 aromatic rings. The zero-order chi connectivity index (χ0) is 19.2. The van der Waals surface area contributed by atoms with Gasteiger partial charge in [-0.05, 0) is 37.1 Å². The Bertz CT molecular complexity index is 899. The van der Waals surface area contributed by atoms with Crippen molar-refractivity contribution in [2.75, 3.05) is 13.7 Å². The van der Waals surface area contributed by atoms with E-state index in [-0.39, 0.29) is 5.97 Å². The van der Waals surface area contributed by atoms with Crippen LogP contribution < -0.4 is 4.74 Å². The normalized spacial score (nSPS) is 10.6. The Kier molecular flexibility index (Phi) is 5.91. The summed E-state index contributed by atoms with van der Waals surface area (Å²) < 4.78 is 12.5. The minimum Gasteiger partial charge on any atom is -0.497 e. The predicted molar refractivity (Wildman–Crippen MR) is 104 cm³/mol. The van der Waals surface area contributed by atoms with Gasteiger partial charge in [-0.25, -0.2) is 4.79 Å². The summed E-state index contributed by atoms with van der Waals surface area (Å²) in [5.74, 6) is 0.491. The van der Waals surface area contributed by atoms with Crippen LogP contribution in [0.15, 0.2) is 54.6 Å². The number of methoxy groups -OCH3 is 1. The third-order valence-corrected chi connectivity index (χ3v) is 4.54. The summed E-state index contributed by atoms with van der Waals surface area (Å²) in [7, 11) is 1.64. The van der Waals surface area contributed by atoms with Gasteiger partial charge >= 0.3 is 5.97 Å². The fraction of sp³-hybridized carbons (Fsp3) is 0.273. The number of esters is 1. The summed E-state index contributed by atoms with van der Waals surface area (Å²) >= 11 is 0. The molecule has 0 radical (unpaired) electrons. The first kappa shape index (κ1) is 18.7. The van der Waals surface area contributed by atoms with Gasteiger partial charge in [0, 0.05) is 6.42 Å². The molecule has 27 heavy (non-hydrogen) atoms. The number of carbonyl (C=O) groups excluding carboxylic acids is 1. The van der Waals surface area contributed by atoms with Crippen LogP contribution in [-0.4, -0.2) is 29.5 Å². The average Bonchev–Trinajstić information content (AvgIpc) is 2.96. The molecule has 0 spiro atoms. The van der Waals surface area contributed by atoms with Crippen molar-refractivity contribution in [3.05, 3.63) is 82.7 Å². The van der Waals surface area contributed by atoms with Gasteiger partial charge < -0.3 is 9.47 Å². The van der Waals surface area contributed by atoms with E-state index in [1.165, 1.54) is 0 Å². The zero-order valence-electron chi connectivity index (χ0n) is 15.9. The number of benzene rings is 2. The second-order valence-corrected chi connectivity index (χ2v) is 6.42. The molecule has 140 valence electrons. The van der Waals surface area contributed by atoms with Crippen LogP contribution in [-0.2, 0) is 17.7 Å². The molecule has 3 rings (SSSR count). The second kappa shape index (κ2) is 8.54. The third kappa shape index (κ3) is 4.56. The zero-order valence-corrected chi connectivity index (χ0v) is 15.9. The molecule has 0 amide bonds. The Morgan fingerprint density at radius 2 is 1.70 bits per heavy atom. The number of ether oxygens (including phenoxy) is 2. The Labute approximate surface area is 159 Å². The smallest absolute Gasteiger partial charge is 0.341 e. The van der Waals surface area contributed by atoms with Gasteiger partial charge in [-0.15, -0.1) is 0 Å². The van der Waals surface area contributed by atoms with Gasteiger partial charge in [0.15, 0.2) is 0 Å². The number of aromatic nitrogens is 2. The molecule has 2 aromatic carbocycles. The molecule has 1 aromatic heterocycles. The van der Waals surface area contributed by atoms with E-state index in [0.717, 1.165) is 22.6 Å². The summed E-state index contributed by atoms with van der Waals surface area (Å²) in [4.78, 5) is 12.5. The van der Waals surface area contributed by atoms with Gasteiger partial charge in [0.25, 0.3) is 0 Å². The van der Waals surface area contributed by atoms with Gasteiger partial charge in [0.05, 0.1) is 31.6 Å². The van der Waals surface area contributed by atoms with E-state index in [9.17, 15) is 4.79 Å². The summed E-state index contributed by atoms with van der Waals surface area (Å²) in [6.07, 6.45) is 0.659. The molecular weight excluding hydrogens is 340 g/mol. The molecule has 0 unspecified atom stereocenters. The molecule has 0 aliphatic carbocycles. The second-order valence-electron chi connectivity index (χ2n) is 6.42. The minimum absolute atomic E-state index is 0.321. The third-order valence-electron chi connectivity index (χ3n) is 4.54. The van der Waals surface area contributed by atoms with E-state index in [1.807, 2.05) is 73.1 Å². The Morgan fingerprint density at radius 1 is 1.00 bits per heavy atom. The number of nitrogens with zero attached hydrogens (tertiary/aromatic N) is 2. The SMILES string of the molecule is COc1ccc(CCOC(=O)c2c(C)nn(Cc3ccccc3)c2C)cc1. The van der Waals surface area contributed by atoms with E-state index in [4.69, 9.17) is 9.47 Å². The van der Waals surface area contributed by atoms with Crippen LogP contribution in [0.4, 0.5) is 0 Å². The maximum atomic E-state index is 12.5. The molecule has 0 N–H and O–H groups in total. The first-order valence-corrected chi connectivity index (χ1v) is 8.96. The lowest BCUT2D eigenvalue weighted by Crippen LogP contribution is -2.11. The molecule has 5 heteroatoms. The van der Waals surface area contributed by atoms with Crippen molar-refractivity contribution in [3.8, 4) is 5.75 Å². The van der Waals surface area contributed by atoms with E-state index < -0.39 is 0 Å². The lowest BCUT2D eigenvalue weighted by Gasteiger charge is -2.07. The highest BCUT2D eigenvalue weighted by molar-refractivity contribution is 5.91. The van der Waals surface area contributed by atoms with Crippen molar-refractivity contribution in [1.82, 2.24) is 9.78 Å². The Morgan fingerprint density at radius 3 is 2.37 bits per heavy atom. The van der Waals surface area contributed by atoms with E-state index in [2.05, 4.69) is 5.10 Å². The maximum absolute atomic E-state index is 12.5. The fourth-order valence-corrected chi connectivity index (χ4v) is 3.03. The molecule has 0 atom stereocenters. The van der Waals surface area contributed by atoms with Crippen molar-refractivity contribution in [2.45, 2.75) is 26.8 Å². The molecule has 0 fully saturated rings. The first-order chi connectivity index (χ1) is 13.1. The Hall–Kier alpha value is -3.08. The highest BCUT2D eigenvalue weighted by Gasteiger charge is 2.20. The number of carbonyl (C=O) groups is 1. The van der Waals surface area contributed by atoms with Gasteiger partial charge in [-0.3, -0.25) is 4.68 Å². The van der Waals surface area contributed by atoms with Crippen molar-refractivity contribution >= 4 is 5.97 Å². The monoisotopic (exact) mass is 364 g/mol. The maximum Gasteiger partial charge on any atom is 0.341 e. The summed E-state index contributed by atoms with van der Waals surface area (Å²) in [5.41, 5.74) is 4.31. The molecule has 0 aliphatic heterocycles. The number of rotatable bonds is 7.